The largest absolute Gasteiger partial charge is 0.103 e. The Bertz CT molecular complexity index is 159. The number of rotatable bonds is 4. The Morgan fingerprint density at radius 2 is 2.17 bits per heavy atom. The summed E-state index contributed by atoms with van der Waals surface area (Å²) in [5.41, 5.74) is 0. The fourth-order valence-electron chi connectivity index (χ4n) is 3.25. The fraction of sp³-hybridized carbons (Fsp3) is 0.833. The number of fused-ring (bicyclic) bond motifs is 2. The average Bonchev–Trinajstić information content (AvgIpc) is 2.65. The lowest BCUT2D eigenvalue weighted by Gasteiger charge is -2.20. The molecule has 0 aliphatic heterocycles. The van der Waals surface area contributed by atoms with E-state index in [9.17, 15) is 0 Å². The van der Waals surface area contributed by atoms with Crippen molar-refractivity contribution in [1.29, 1.82) is 0 Å². The van der Waals surface area contributed by atoms with Crippen molar-refractivity contribution in [2.24, 2.45) is 17.8 Å². The first kappa shape index (κ1) is 8.34. The van der Waals surface area contributed by atoms with Crippen LogP contribution in [0.25, 0.3) is 0 Å². The minimum atomic E-state index is 1.10. The Morgan fingerprint density at radius 3 is 2.75 bits per heavy atom. The molecule has 0 spiro atoms. The van der Waals surface area contributed by atoms with E-state index in [1.807, 2.05) is 0 Å². The Hall–Kier alpha value is -0.260. The predicted octanol–water partition coefficient (Wildman–Crippen LogP) is 3.78. The lowest BCUT2D eigenvalue weighted by atomic mass is 9.85. The van der Waals surface area contributed by atoms with Crippen LogP contribution in [0.1, 0.15) is 44.9 Å². The van der Waals surface area contributed by atoms with Crippen molar-refractivity contribution >= 4 is 0 Å². The summed E-state index contributed by atoms with van der Waals surface area (Å²) >= 11 is 0. The molecule has 2 aliphatic carbocycles. The zero-order chi connectivity index (χ0) is 8.39. The smallest absolute Gasteiger partial charge is 0.0353 e. The van der Waals surface area contributed by atoms with Crippen LogP contribution < -0.4 is 0 Å². The first-order valence-electron chi connectivity index (χ1n) is 5.51. The van der Waals surface area contributed by atoms with E-state index in [0.717, 1.165) is 17.8 Å². The number of unbranched alkanes of at least 4 members (excludes halogenated alkanes) is 1. The molecule has 0 N–H and O–H groups in total. The second-order valence-electron chi connectivity index (χ2n) is 4.65. The highest BCUT2D eigenvalue weighted by Gasteiger charge is 2.38. The van der Waals surface area contributed by atoms with Gasteiger partial charge in [0.25, 0.3) is 0 Å². The van der Waals surface area contributed by atoms with Crippen molar-refractivity contribution in [3.8, 4) is 0 Å². The van der Waals surface area contributed by atoms with Crippen LogP contribution in [0.3, 0.4) is 0 Å². The summed E-state index contributed by atoms with van der Waals surface area (Å²) < 4.78 is 0. The summed E-state index contributed by atoms with van der Waals surface area (Å²) in [6, 6.07) is 0. The lowest BCUT2D eigenvalue weighted by Crippen LogP contribution is -2.09. The summed E-state index contributed by atoms with van der Waals surface area (Å²) in [5, 5.41) is 0. The lowest BCUT2D eigenvalue weighted by molar-refractivity contribution is 0.309. The zero-order valence-corrected chi connectivity index (χ0v) is 7.97. The minimum absolute atomic E-state index is 1.10. The van der Waals surface area contributed by atoms with Gasteiger partial charge in [0.05, 0.1) is 0 Å². The molecule has 2 rings (SSSR count). The maximum atomic E-state index is 3.77. The summed E-state index contributed by atoms with van der Waals surface area (Å²) in [6.07, 6.45) is 12.4. The molecule has 0 aromatic rings. The molecule has 3 atom stereocenters. The van der Waals surface area contributed by atoms with E-state index in [2.05, 4.69) is 12.7 Å². The number of hydrogen-bond acceptors (Lipinski definition) is 0. The molecule has 3 unspecified atom stereocenters. The van der Waals surface area contributed by atoms with Crippen LogP contribution in [0, 0.1) is 17.8 Å². The van der Waals surface area contributed by atoms with Crippen LogP contribution in [-0.4, -0.2) is 0 Å². The molecule has 2 bridgehead atoms. The van der Waals surface area contributed by atoms with Crippen molar-refractivity contribution in [1.82, 2.24) is 0 Å². The van der Waals surface area contributed by atoms with Gasteiger partial charge in [-0.25, -0.2) is 0 Å². The molecule has 0 nitrogen and oxygen atoms in total. The number of allylic oxidation sites excluding steroid dienone is 1. The second kappa shape index (κ2) is 3.64. The van der Waals surface area contributed by atoms with Crippen molar-refractivity contribution in [2.75, 3.05) is 0 Å². The average molecular weight is 164 g/mol. The van der Waals surface area contributed by atoms with Crippen LogP contribution in [-0.2, 0) is 0 Å². The normalized spacial score (nSPS) is 38.8. The quantitative estimate of drug-likeness (QED) is 0.438. The van der Waals surface area contributed by atoms with Gasteiger partial charge in [-0.2, -0.15) is 0 Å². The first-order valence-corrected chi connectivity index (χ1v) is 5.51. The van der Waals surface area contributed by atoms with E-state index >= 15 is 0 Å². The topological polar surface area (TPSA) is 0 Å². The molecule has 0 aromatic carbocycles. The standard InChI is InChI=1S/C12H20/c1-2-3-4-5-11-8-10-6-7-12(11)9-10/h2,10-12H,1,3-9H2. The second-order valence-corrected chi connectivity index (χ2v) is 4.65. The van der Waals surface area contributed by atoms with Gasteiger partial charge >= 0.3 is 0 Å². The van der Waals surface area contributed by atoms with E-state index in [0.29, 0.717) is 0 Å². The van der Waals surface area contributed by atoms with E-state index in [1.165, 1.54) is 19.3 Å². The van der Waals surface area contributed by atoms with Gasteiger partial charge in [-0.05, 0) is 56.3 Å². The molecular weight excluding hydrogens is 144 g/mol. The summed E-state index contributed by atoms with van der Waals surface area (Å²) in [7, 11) is 0. The molecule has 0 saturated heterocycles. The molecule has 68 valence electrons. The zero-order valence-electron chi connectivity index (χ0n) is 7.97. The van der Waals surface area contributed by atoms with Gasteiger partial charge in [0.1, 0.15) is 0 Å². The number of hydrogen-bond donors (Lipinski definition) is 0. The molecule has 0 heterocycles. The van der Waals surface area contributed by atoms with Crippen LogP contribution in [0.4, 0.5) is 0 Å². The van der Waals surface area contributed by atoms with Crippen molar-refractivity contribution in [2.45, 2.75) is 44.9 Å². The van der Waals surface area contributed by atoms with Gasteiger partial charge in [0.2, 0.25) is 0 Å². The third-order valence-electron chi connectivity index (χ3n) is 3.87. The SMILES string of the molecule is C=CCCCC1CC2CCC1C2. The van der Waals surface area contributed by atoms with Gasteiger partial charge in [0.15, 0.2) is 0 Å². The van der Waals surface area contributed by atoms with Gasteiger partial charge in [-0.15, -0.1) is 6.58 Å². The third kappa shape index (κ3) is 1.57. The van der Waals surface area contributed by atoms with Crippen molar-refractivity contribution in [3.05, 3.63) is 12.7 Å². The summed E-state index contributed by atoms with van der Waals surface area (Å²) in [6.45, 7) is 3.77. The van der Waals surface area contributed by atoms with Gasteiger partial charge in [-0.1, -0.05) is 12.5 Å². The van der Waals surface area contributed by atoms with Gasteiger partial charge in [0, 0.05) is 0 Å². The molecule has 2 saturated carbocycles. The van der Waals surface area contributed by atoms with Crippen molar-refractivity contribution < 1.29 is 0 Å². The molecule has 12 heavy (non-hydrogen) atoms. The summed E-state index contributed by atoms with van der Waals surface area (Å²) in [5.74, 6) is 3.35. The molecule has 0 heteroatoms. The highest BCUT2D eigenvalue weighted by atomic mass is 14.4. The van der Waals surface area contributed by atoms with E-state index in [1.54, 1.807) is 25.7 Å². The van der Waals surface area contributed by atoms with Gasteiger partial charge in [-0.3, -0.25) is 0 Å². The summed E-state index contributed by atoms with van der Waals surface area (Å²) in [4.78, 5) is 0. The molecule has 2 aliphatic rings. The Morgan fingerprint density at radius 1 is 1.25 bits per heavy atom. The highest BCUT2D eigenvalue weighted by molar-refractivity contribution is 4.89. The van der Waals surface area contributed by atoms with Crippen LogP contribution in [0.5, 0.6) is 0 Å². The first-order chi connectivity index (χ1) is 5.90. The minimum Gasteiger partial charge on any atom is -0.103 e. The van der Waals surface area contributed by atoms with E-state index in [4.69, 9.17) is 0 Å². The highest BCUT2D eigenvalue weighted by Crippen LogP contribution is 2.49. The molecular formula is C12H20. The Labute approximate surface area is 76.1 Å². The Kier molecular flexibility index (Phi) is 2.53. The monoisotopic (exact) mass is 164 g/mol. The molecule has 2 fully saturated rings. The van der Waals surface area contributed by atoms with E-state index in [-0.39, 0.29) is 0 Å². The Balaban J connectivity index is 1.72. The molecule has 0 aromatic heterocycles. The maximum Gasteiger partial charge on any atom is -0.0353 e. The van der Waals surface area contributed by atoms with E-state index < -0.39 is 0 Å². The van der Waals surface area contributed by atoms with Crippen LogP contribution in [0.15, 0.2) is 12.7 Å². The molecule has 0 amide bonds. The maximum absolute atomic E-state index is 3.77. The van der Waals surface area contributed by atoms with Gasteiger partial charge < -0.3 is 0 Å². The third-order valence-corrected chi connectivity index (χ3v) is 3.87. The fourth-order valence-corrected chi connectivity index (χ4v) is 3.25. The molecule has 0 radical (unpaired) electrons. The van der Waals surface area contributed by atoms with Crippen molar-refractivity contribution in [3.63, 3.8) is 0 Å². The van der Waals surface area contributed by atoms with Crippen LogP contribution in [0.2, 0.25) is 0 Å². The predicted molar refractivity (Wildman–Crippen MR) is 53.0 cm³/mol. The van der Waals surface area contributed by atoms with Crippen LogP contribution >= 0.6 is 0 Å².